The molecule has 0 bridgehead atoms. The van der Waals surface area contributed by atoms with Gasteiger partial charge in [-0.05, 0) is 6.92 Å². The number of rotatable bonds is 2. The van der Waals surface area contributed by atoms with E-state index in [0.29, 0.717) is 6.54 Å². The topological polar surface area (TPSA) is 44.1 Å². The molecule has 0 radical (unpaired) electrons. The lowest BCUT2D eigenvalue weighted by Gasteiger charge is -2.09. The molecule has 0 saturated carbocycles. The fourth-order valence-corrected chi connectivity index (χ4v) is 0.392. The molecule has 0 aromatic carbocycles. The number of hydrogen-bond donors (Lipinski definition) is 0. The van der Waals surface area contributed by atoms with E-state index in [4.69, 9.17) is 5.26 Å². The van der Waals surface area contributed by atoms with E-state index in [1.54, 1.807) is 13.1 Å². The lowest BCUT2D eigenvalue weighted by Crippen LogP contribution is -2.23. The molecule has 3 nitrogen and oxygen atoms in total. The summed E-state index contributed by atoms with van der Waals surface area (Å²) in [6, 6.07) is 1.75. The minimum absolute atomic E-state index is 0.135. The van der Waals surface area contributed by atoms with E-state index in [1.165, 1.54) is 17.1 Å². The van der Waals surface area contributed by atoms with Gasteiger partial charge in [-0.25, -0.2) is 0 Å². The predicted octanol–water partition coefficient (Wildman–Crippen LogP) is 0.544. The van der Waals surface area contributed by atoms with Gasteiger partial charge in [0.25, 0.3) is 0 Å². The average molecular weight is 138 g/mol. The second-order valence-electron chi connectivity index (χ2n) is 1.81. The van der Waals surface area contributed by atoms with Gasteiger partial charge < -0.3 is 4.90 Å². The summed E-state index contributed by atoms with van der Waals surface area (Å²) in [6.07, 6.45) is 2.43. The number of carbonyl (C=O) groups excluding carboxylic acids is 1. The Morgan fingerprint density at radius 1 is 1.80 bits per heavy atom. The first-order valence-corrected chi connectivity index (χ1v) is 3.03. The summed E-state index contributed by atoms with van der Waals surface area (Å²) in [5, 5.41) is 8.06. The molecule has 54 valence electrons. The van der Waals surface area contributed by atoms with Gasteiger partial charge in [0, 0.05) is 25.7 Å². The van der Waals surface area contributed by atoms with Crippen molar-refractivity contribution >= 4 is 5.91 Å². The van der Waals surface area contributed by atoms with Gasteiger partial charge >= 0.3 is 0 Å². The van der Waals surface area contributed by atoms with Crippen LogP contribution in [0.15, 0.2) is 12.2 Å². The van der Waals surface area contributed by atoms with Crippen molar-refractivity contribution in [1.29, 1.82) is 5.26 Å². The highest BCUT2D eigenvalue weighted by Gasteiger charge is 1.98. The molecule has 0 aliphatic rings. The SMILES string of the molecule is CCN(C)C(=O)/C=C/C#N. The molecule has 0 N–H and O–H groups in total. The van der Waals surface area contributed by atoms with Gasteiger partial charge in [-0.3, -0.25) is 4.79 Å². The maximum absolute atomic E-state index is 10.8. The number of allylic oxidation sites excluding steroid dienone is 1. The highest BCUT2D eigenvalue weighted by Crippen LogP contribution is 1.84. The summed E-state index contributed by atoms with van der Waals surface area (Å²) in [4.78, 5) is 12.3. The molecule has 0 aromatic rings. The zero-order valence-corrected chi connectivity index (χ0v) is 6.16. The molecule has 0 rings (SSSR count). The number of amides is 1. The van der Waals surface area contributed by atoms with Crippen molar-refractivity contribution in [2.75, 3.05) is 13.6 Å². The second kappa shape index (κ2) is 4.57. The average Bonchev–Trinajstić information content (AvgIpc) is 1.98. The Bertz CT molecular complexity index is 179. The van der Waals surface area contributed by atoms with Crippen LogP contribution < -0.4 is 0 Å². The fraction of sp³-hybridized carbons (Fsp3) is 0.429. The summed E-state index contributed by atoms with van der Waals surface area (Å²) in [7, 11) is 1.68. The van der Waals surface area contributed by atoms with Gasteiger partial charge in [-0.1, -0.05) is 0 Å². The van der Waals surface area contributed by atoms with Crippen LogP contribution in [0.4, 0.5) is 0 Å². The van der Waals surface area contributed by atoms with Crippen LogP contribution in [0.2, 0.25) is 0 Å². The van der Waals surface area contributed by atoms with Crippen LogP contribution in [-0.4, -0.2) is 24.4 Å². The largest absolute Gasteiger partial charge is 0.342 e. The Labute approximate surface area is 60.6 Å². The molecule has 0 unspecified atom stereocenters. The number of nitriles is 1. The minimum atomic E-state index is -0.135. The summed E-state index contributed by atoms with van der Waals surface area (Å²) in [6.45, 7) is 2.53. The number of likely N-dealkylation sites (N-methyl/N-ethyl adjacent to an activating group) is 1. The van der Waals surface area contributed by atoms with E-state index in [-0.39, 0.29) is 5.91 Å². The first-order valence-electron chi connectivity index (χ1n) is 3.03. The highest BCUT2D eigenvalue weighted by atomic mass is 16.2. The Hall–Kier alpha value is -1.30. The molecule has 0 saturated heterocycles. The molecule has 3 heteroatoms. The summed E-state index contributed by atoms with van der Waals surface area (Å²) in [5.74, 6) is -0.135. The van der Waals surface area contributed by atoms with Crippen molar-refractivity contribution < 1.29 is 4.79 Å². The van der Waals surface area contributed by atoms with Crippen LogP contribution in [-0.2, 0) is 4.79 Å². The van der Waals surface area contributed by atoms with Gasteiger partial charge in [0.15, 0.2) is 0 Å². The van der Waals surface area contributed by atoms with Crippen LogP contribution in [0.3, 0.4) is 0 Å². The van der Waals surface area contributed by atoms with Gasteiger partial charge in [-0.2, -0.15) is 5.26 Å². The summed E-state index contributed by atoms with van der Waals surface area (Å²) in [5.41, 5.74) is 0. The third-order valence-corrected chi connectivity index (χ3v) is 1.15. The molecule has 0 atom stereocenters. The highest BCUT2D eigenvalue weighted by molar-refractivity contribution is 5.87. The van der Waals surface area contributed by atoms with Crippen LogP contribution in [0.5, 0.6) is 0 Å². The van der Waals surface area contributed by atoms with E-state index in [0.717, 1.165) is 0 Å². The fourth-order valence-electron chi connectivity index (χ4n) is 0.392. The second-order valence-corrected chi connectivity index (χ2v) is 1.81. The zero-order valence-electron chi connectivity index (χ0n) is 6.16. The van der Waals surface area contributed by atoms with Crippen molar-refractivity contribution in [1.82, 2.24) is 4.90 Å². The normalized spacial score (nSPS) is 9.30. The molecular formula is C7H10N2O. The molecule has 0 aliphatic carbocycles. The molecule has 0 aliphatic heterocycles. The maximum Gasteiger partial charge on any atom is 0.247 e. The van der Waals surface area contributed by atoms with Crippen LogP contribution in [0, 0.1) is 11.3 Å². The number of hydrogen-bond acceptors (Lipinski definition) is 2. The van der Waals surface area contributed by atoms with E-state index < -0.39 is 0 Å². The molecule has 0 heterocycles. The minimum Gasteiger partial charge on any atom is -0.342 e. The van der Waals surface area contributed by atoms with Gasteiger partial charge in [-0.15, -0.1) is 0 Å². The molecular weight excluding hydrogens is 128 g/mol. The van der Waals surface area contributed by atoms with E-state index in [1.807, 2.05) is 6.92 Å². The Morgan fingerprint density at radius 2 is 2.40 bits per heavy atom. The van der Waals surface area contributed by atoms with Crippen molar-refractivity contribution in [3.8, 4) is 6.07 Å². The van der Waals surface area contributed by atoms with E-state index in [9.17, 15) is 4.79 Å². The summed E-state index contributed by atoms with van der Waals surface area (Å²) < 4.78 is 0. The lowest BCUT2D eigenvalue weighted by atomic mass is 10.4. The first-order chi connectivity index (χ1) is 4.72. The molecule has 0 aromatic heterocycles. The molecule has 1 amide bonds. The van der Waals surface area contributed by atoms with Gasteiger partial charge in [0.1, 0.15) is 0 Å². The Morgan fingerprint density at radius 3 is 2.80 bits per heavy atom. The third kappa shape index (κ3) is 2.88. The van der Waals surface area contributed by atoms with Crippen molar-refractivity contribution in [2.45, 2.75) is 6.92 Å². The number of nitrogens with zero attached hydrogens (tertiary/aromatic N) is 2. The maximum atomic E-state index is 10.8. The van der Waals surface area contributed by atoms with E-state index in [2.05, 4.69) is 0 Å². The Balaban J connectivity index is 3.87. The third-order valence-electron chi connectivity index (χ3n) is 1.15. The Kier molecular flexibility index (Phi) is 3.97. The van der Waals surface area contributed by atoms with Gasteiger partial charge in [0.05, 0.1) is 6.07 Å². The predicted molar refractivity (Wildman–Crippen MR) is 38.1 cm³/mol. The molecule has 10 heavy (non-hydrogen) atoms. The van der Waals surface area contributed by atoms with Crippen LogP contribution >= 0.6 is 0 Å². The zero-order chi connectivity index (χ0) is 7.98. The molecule has 0 spiro atoms. The number of carbonyl (C=O) groups is 1. The lowest BCUT2D eigenvalue weighted by molar-refractivity contribution is -0.124. The van der Waals surface area contributed by atoms with Crippen LogP contribution in [0.1, 0.15) is 6.92 Å². The standard InChI is InChI=1S/C7H10N2O/c1-3-9(2)7(10)5-4-6-8/h4-5H,3H2,1-2H3/b5-4+. The smallest absolute Gasteiger partial charge is 0.247 e. The van der Waals surface area contributed by atoms with Crippen molar-refractivity contribution in [3.05, 3.63) is 12.2 Å². The quantitative estimate of drug-likeness (QED) is 0.413. The molecule has 0 fully saturated rings. The van der Waals surface area contributed by atoms with Crippen LogP contribution in [0.25, 0.3) is 0 Å². The van der Waals surface area contributed by atoms with Crippen molar-refractivity contribution in [2.24, 2.45) is 0 Å². The summed E-state index contributed by atoms with van der Waals surface area (Å²) >= 11 is 0. The van der Waals surface area contributed by atoms with Crippen molar-refractivity contribution in [3.63, 3.8) is 0 Å². The monoisotopic (exact) mass is 138 g/mol. The van der Waals surface area contributed by atoms with E-state index >= 15 is 0 Å². The first kappa shape index (κ1) is 8.70. The van der Waals surface area contributed by atoms with Gasteiger partial charge in [0.2, 0.25) is 5.91 Å².